The Morgan fingerprint density at radius 3 is 1.19 bits per heavy atom. The molecule has 2 heterocycles. The highest BCUT2D eigenvalue weighted by molar-refractivity contribution is 6.03. The predicted octanol–water partition coefficient (Wildman–Crippen LogP) is 5.38. The minimum Gasteiger partial charge on any atom is -0.498 e. The van der Waals surface area contributed by atoms with Crippen molar-refractivity contribution in [1.29, 1.82) is 0 Å². The highest BCUT2D eigenvalue weighted by Gasteiger charge is 2.35. The summed E-state index contributed by atoms with van der Waals surface area (Å²) in [5, 5.41) is 0. The van der Waals surface area contributed by atoms with Crippen LogP contribution in [0.15, 0.2) is 73.2 Å². The Kier molecular flexibility index (Phi) is 19.9. The second kappa shape index (κ2) is 24.8. The Balaban J connectivity index is 0.968. The molecule has 0 saturated carbocycles. The Bertz CT molecular complexity index is 1640. The maximum Gasteiger partial charge on any atom is 0.307 e. The third-order valence-corrected chi connectivity index (χ3v) is 12.7. The first-order valence-electron chi connectivity index (χ1n) is 22.2. The summed E-state index contributed by atoms with van der Waals surface area (Å²) in [7, 11) is 7.78. The van der Waals surface area contributed by atoms with Crippen LogP contribution >= 0.6 is 0 Å². The monoisotopic (exact) mass is 861 g/mol. The van der Waals surface area contributed by atoms with Gasteiger partial charge in [0.1, 0.15) is 26.4 Å². The van der Waals surface area contributed by atoms with Crippen LogP contribution in [0.2, 0.25) is 0 Å². The van der Waals surface area contributed by atoms with E-state index in [4.69, 9.17) is 18.9 Å². The molecule has 14 heteroatoms. The highest BCUT2D eigenvalue weighted by Crippen LogP contribution is 2.26. The molecule has 0 spiro atoms. The normalized spacial score (nSPS) is 17.3. The molecule has 0 amide bonds. The minimum absolute atomic E-state index is 0.134. The van der Waals surface area contributed by atoms with Crippen molar-refractivity contribution in [1.82, 2.24) is 19.6 Å². The first kappa shape index (κ1) is 49.9. The summed E-state index contributed by atoms with van der Waals surface area (Å²) in [5.74, 6) is -0.236. The van der Waals surface area contributed by atoms with Crippen molar-refractivity contribution in [2.24, 2.45) is 0 Å². The van der Waals surface area contributed by atoms with Gasteiger partial charge in [0.05, 0.1) is 36.4 Å². The van der Waals surface area contributed by atoms with Crippen molar-refractivity contribution in [2.75, 3.05) is 130 Å². The van der Waals surface area contributed by atoms with Crippen molar-refractivity contribution in [3.05, 3.63) is 84.3 Å². The Morgan fingerprint density at radius 1 is 0.548 bits per heavy atom. The zero-order valence-corrected chi connectivity index (χ0v) is 38.6. The van der Waals surface area contributed by atoms with Crippen molar-refractivity contribution < 1.29 is 38.1 Å². The molecule has 342 valence electrons. The Hall–Kier alpha value is -4.76. The molecular formula is C48H72N6O8. The molecule has 2 saturated heterocycles. The van der Waals surface area contributed by atoms with Gasteiger partial charge in [0.15, 0.2) is 11.6 Å². The lowest BCUT2D eigenvalue weighted by Crippen LogP contribution is -2.48. The van der Waals surface area contributed by atoms with Crippen LogP contribution in [0.3, 0.4) is 0 Å². The van der Waals surface area contributed by atoms with Gasteiger partial charge >= 0.3 is 11.9 Å². The van der Waals surface area contributed by atoms with Crippen LogP contribution in [0.5, 0.6) is 0 Å². The van der Waals surface area contributed by atoms with Crippen molar-refractivity contribution in [3.63, 3.8) is 0 Å². The maximum absolute atomic E-state index is 13.2. The average Bonchev–Trinajstić information content (AvgIpc) is 3.29. The van der Waals surface area contributed by atoms with E-state index in [9.17, 15) is 19.2 Å². The third-order valence-electron chi connectivity index (χ3n) is 12.7. The van der Waals surface area contributed by atoms with Crippen LogP contribution in [-0.4, -0.2) is 174 Å². The van der Waals surface area contributed by atoms with Crippen molar-refractivity contribution in [2.45, 2.75) is 64.5 Å². The van der Waals surface area contributed by atoms with Crippen LogP contribution < -0.4 is 9.80 Å². The van der Waals surface area contributed by atoms with Gasteiger partial charge in [-0.3, -0.25) is 38.8 Å². The van der Waals surface area contributed by atoms with Gasteiger partial charge < -0.3 is 28.7 Å². The molecule has 0 N–H and O–H groups in total. The van der Waals surface area contributed by atoms with E-state index in [1.165, 1.54) is 12.5 Å². The highest BCUT2D eigenvalue weighted by atomic mass is 16.6. The van der Waals surface area contributed by atoms with Crippen molar-refractivity contribution >= 4 is 34.9 Å². The fourth-order valence-corrected chi connectivity index (χ4v) is 7.48. The second-order valence-corrected chi connectivity index (χ2v) is 16.8. The van der Waals surface area contributed by atoms with Gasteiger partial charge in [0, 0.05) is 87.9 Å². The van der Waals surface area contributed by atoms with E-state index in [0.29, 0.717) is 25.9 Å². The zero-order valence-electron chi connectivity index (χ0n) is 38.6. The molecule has 2 unspecified atom stereocenters. The largest absolute Gasteiger partial charge is 0.498 e. The molecule has 2 aliphatic rings. The van der Waals surface area contributed by atoms with Gasteiger partial charge in [-0.1, -0.05) is 13.8 Å². The number of carbonyl (C=O) groups excluding carboxylic acids is 4. The second-order valence-electron chi connectivity index (χ2n) is 16.8. The number of benzene rings is 2. The number of esters is 2. The number of piperazine rings is 2. The molecule has 0 bridgehead atoms. The van der Waals surface area contributed by atoms with E-state index >= 15 is 0 Å². The number of ketones is 2. The summed E-state index contributed by atoms with van der Waals surface area (Å²) in [4.78, 5) is 64.0. The van der Waals surface area contributed by atoms with Crippen LogP contribution in [0.25, 0.3) is 0 Å². The molecule has 2 fully saturated rings. The number of likely N-dealkylation sites (N-methyl/N-ethyl adjacent to an activating group) is 2. The topological polar surface area (TPSA) is 125 Å². The molecule has 4 rings (SSSR count). The quantitative estimate of drug-likeness (QED) is 0.0417. The number of ether oxygens (including phenoxy) is 4. The Morgan fingerprint density at radius 2 is 0.887 bits per heavy atom. The summed E-state index contributed by atoms with van der Waals surface area (Å²) < 4.78 is 21.4. The fraction of sp³-hybridized carbons (Fsp3) is 0.583. The molecule has 2 atom stereocenters. The van der Waals surface area contributed by atoms with Gasteiger partial charge in [0.2, 0.25) is 0 Å². The van der Waals surface area contributed by atoms with Crippen LogP contribution in [0.1, 0.15) is 74.1 Å². The molecular weight excluding hydrogens is 789 g/mol. The van der Waals surface area contributed by atoms with Crippen molar-refractivity contribution in [3.8, 4) is 0 Å². The SMILES string of the molecule is CCC(C)(C(=O)c1ccc(N2CCN(CCC(=O)OCCOC=CC=COCCOC(=O)CCN3CCN(c4ccc(C(=O)C(C)(CC)N(C)C)cc4)CC3)CC2)cc1)N(C)C. The summed E-state index contributed by atoms with van der Waals surface area (Å²) in [5.41, 5.74) is 2.61. The lowest BCUT2D eigenvalue weighted by molar-refractivity contribution is -0.146. The number of Topliss-reactive ketones (excluding diaryl/α,β-unsaturated/α-hetero) is 2. The fourth-order valence-electron chi connectivity index (χ4n) is 7.48. The van der Waals surface area contributed by atoms with E-state index in [2.05, 4.69) is 19.6 Å². The van der Waals surface area contributed by atoms with E-state index in [1.54, 1.807) is 12.2 Å². The van der Waals surface area contributed by atoms with E-state index in [0.717, 1.165) is 87.7 Å². The lowest BCUT2D eigenvalue weighted by atomic mass is 9.87. The Labute approximate surface area is 370 Å². The van der Waals surface area contributed by atoms with Gasteiger partial charge in [-0.25, -0.2) is 0 Å². The summed E-state index contributed by atoms with van der Waals surface area (Å²) in [6.45, 7) is 16.9. The molecule has 0 radical (unpaired) electrons. The van der Waals surface area contributed by atoms with Crippen LogP contribution in [-0.2, 0) is 28.5 Å². The number of hydrogen-bond acceptors (Lipinski definition) is 14. The van der Waals surface area contributed by atoms with Gasteiger partial charge in [0.25, 0.3) is 0 Å². The zero-order chi connectivity index (χ0) is 45.1. The van der Waals surface area contributed by atoms with Crippen LogP contribution in [0.4, 0.5) is 11.4 Å². The molecule has 2 aliphatic heterocycles. The maximum atomic E-state index is 13.2. The standard InChI is InChI=1S/C48H72N6O8/c1-9-47(3,49(5)6)45(57)39-13-17-41(18-14-39)53-29-25-51(26-30-53)23-21-43(55)61-37-35-59-33-11-12-34-60-36-38-62-44(56)22-24-52-27-31-54(32-28-52)42-19-15-40(16-20-42)46(58)48(4,10-2)50(7)8/h11-20,33-34H,9-10,21-32,35-38H2,1-8H3. The van der Waals surface area contributed by atoms with Gasteiger partial charge in [-0.15, -0.1) is 0 Å². The molecule has 62 heavy (non-hydrogen) atoms. The number of carbonyl (C=O) groups is 4. The lowest BCUT2D eigenvalue weighted by Gasteiger charge is -2.36. The van der Waals surface area contributed by atoms with Crippen LogP contribution in [0, 0.1) is 0 Å². The van der Waals surface area contributed by atoms with E-state index in [1.807, 2.05) is 114 Å². The minimum atomic E-state index is -0.525. The summed E-state index contributed by atoms with van der Waals surface area (Å²) >= 11 is 0. The van der Waals surface area contributed by atoms with E-state index < -0.39 is 11.1 Å². The summed E-state index contributed by atoms with van der Waals surface area (Å²) in [6, 6.07) is 15.9. The number of rotatable bonds is 25. The number of nitrogens with zero attached hydrogens (tertiary/aromatic N) is 6. The van der Waals surface area contributed by atoms with Gasteiger partial charge in [-0.2, -0.15) is 0 Å². The first-order valence-corrected chi connectivity index (χ1v) is 22.2. The molecule has 2 aromatic carbocycles. The summed E-state index contributed by atoms with van der Waals surface area (Å²) in [6.07, 6.45) is 8.45. The van der Waals surface area contributed by atoms with E-state index in [-0.39, 0.29) is 49.9 Å². The number of hydrogen-bond donors (Lipinski definition) is 0. The smallest absolute Gasteiger partial charge is 0.307 e. The molecule has 2 aromatic rings. The number of allylic oxidation sites excluding steroid dienone is 2. The first-order chi connectivity index (χ1) is 29.7. The molecule has 14 nitrogen and oxygen atoms in total. The number of anilines is 2. The van der Waals surface area contributed by atoms with Gasteiger partial charge in [-0.05, 0) is 116 Å². The predicted molar refractivity (Wildman–Crippen MR) is 245 cm³/mol. The molecule has 0 aliphatic carbocycles. The molecule has 0 aromatic heterocycles. The average molecular weight is 861 g/mol. The third kappa shape index (κ3) is 14.4.